The minimum absolute atomic E-state index is 0.322. The number of nitrogens with zero attached hydrogens (tertiary/aromatic N) is 6. The number of benzene rings is 1. The highest BCUT2D eigenvalue weighted by molar-refractivity contribution is 5.56. The monoisotopic (exact) mass is 403 g/mol. The van der Waals surface area contributed by atoms with Gasteiger partial charge in [0.1, 0.15) is 11.5 Å². The van der Waals surface area contributed by atoms with E-state index in [0.717, 1.165) is 68.6 Å². The third kappa shape index (κ3) is 4.10. The van der Waals surface area contributed by atoms with Crippen LogP contribution in [0.2, 0.25) is 0 Å². The van der Waals surface area contributed by atoms with Crippen LogP contribution in [0, 0.1) is 0 Å². The first kappa shape index (κ1) is 18.9. The maximum atomic E-state index is 5.98. The van der Waals surface area contributed by atoms with Gasteiger partial charge >= 0.3 is 0 Å². The molecular weight excluding hydrogens is 378 g/mol. The zero-order valence-corrected chi connectivity index (χ0v) is 17.1. The molecule has 0 spiro atoms. The van der Waals surface area contributed by atoms with Crippen molar-refractivity contribution in [2.75, 3.05) is 44.7 Å². The summed E-state index contributed by atoms with van der Waals surface area (Å²) in [4.78, 5) is 13.5. The molecule has 8 nitrogen and oxygen atoms in total. The third-order valence-electron chi connectivity index (χ3n) is 5.61. The molecule has 1 aromatic carbocycles. The number of aromatic nitrogens is 2. The average molecular weight is 403 g/mol. The van der Waals surface area contributed by atoms with Gasteiger partial charge in [-0.25, -0.2) is 9.97 Å². The summed E-state index contributed by atoms with van der Waals surface area (Å²) >= 11 is 0. The minimum Gasteiger partial charge on any atom is -0.459 e. The number of likely N-dealkylation sites (N-methyl/N-ethyl adjacent to an activating group) is 1. The van der Waals surface area contributed by atoms with Crippen LogP contribution >= 0.6 is 0 Å². The van der Waals surface area contributed by atoms with Crippen molar-refractivity contribution >= 4 is 17.3 Å². The Morgan fingerprint density at radius 3 is 2.67 bits per heavy atom. The summed E-state index contributed by atoms with van der Waals surface area (Å²) in [5.41, 5.74) is 3.91. The predicted molar refractivity (Wildman–Crippen MR) is 115 cm³/mol. The number of piperazine rings is 1. The van der Waals surface area contributed by atoms with Crippen molar-refractivity contribution in [1.29, 1.82) is 0 Å². The quantitative estimate of drug-likeness (QED) is 0.671. The van der Waals surface area contributed by atoms with Gasteiger partial charge in [0.2, 0.25) is 0 Å². The Labute approximate surface area is 175 Å². The molecular formula is C22H25N7O. The van der Waals surface area contributed by atoms with E-state index in [1.165, 1.54) is 11.3 Å². The summed E-state index contributed by atoms with van der Waals surface area (Å²) in [6.45, 7) is 6.04. The third-order valence-corrected chi connectivity index (χ3v) is 5.61. The molecule has 2 aliphatic heterocycles. The number of nitrogens with one attached hydrogen (secondary N) is 1. The topological polar surface area (TPSA) is 82.2 Å². The molecule has 0 bridgehead atoms. The van der Waals surface area contributed by atoms with E-state index in [4.69, 9.17) is 4.42 Å². The molecule has 5 rings (SSSR count). The first-order valence-electron chi connectivity index (χ1n) is 10.4. The van der Waals surface area contributed by atoms with Crippen molar-refractivity contribution in [2.45, 2.75) is 13.0 Å². The van der Waals surface area contributed by atoms with Crippen LogP contribution in [-0.4, -0.2) is 54.6 Å². The standard InChI is InChI=1S/C22H25N7O/c1-28-10-12-29(13-11-28)18-4-2-17(3-5-18)26-27-22-24-9-6-19(25-22)21-14-16-15-23-8-7-20(16)30-21/h2-6,9,14,23H,7-8,10-13,15H2,1H3. The fourth-order valence-corrected chi connectivity index (χ4v) is 3.81. The Kier molecular flexibility index (Phi) is 5.25. The summed E-state index contributed by atoms with van der Waals surface area (Å²) in [6, 6.07) is 12.0. The Balaban J connectivity index is 1.29. The van der Waals surface area contributed by atoms with Crippen molar-refractivity contribution in [3.63, 3.8) is 0 Å². The molecule has 154 valence electrons. The van der Waals surface area contributed by atoms with E-state index in [1.807, 2.05) is 24.3 Å². The maximum Gasteiger partial charge on any atom is 0.269 e. The molecule has 0 amide bonds. The summed E-state index contributed by atoms with van der Waals surface area (Å²) in [5.74, 6) is 2.10. The van der Waals surface area contributed by atoms with Crippen molar-refractivity contribution in [2.24, 2.45) is 10.2 Å². The molecule has 2 aromatic heterocycles. The molecule has 0 aliphatic carbocycles. The van der Waals surface area contributed by atoms with Gasteiger partial charge in [-0.3, -0.25) is 0 Å². The lowest BCUT2D eigenvalue weighted by atomic mass is 10.1. The van der Waals surface area contributed by atoms with Gasteiger partial charge in [-0.2, -0.15) is 0 Å². The van der Waals surface area contributed by atoms with Gasteiger partial charge in [-0.1, -0.05) is 0 Å². The number of fused-ring (bicyclic) bond motifs is 1. The molecule has 2 aliphatic rings. The highest BCUT2D eigenvalue weighted by atomic mass is 16.3. The number of azo groups is 1. The zero-order chi connectivity index (χ0) is 20.3. The van der Waals surface area contributed by atoms with Crippen molar-refractivity contribution in [3.05, 3.63) is 53.9 Å². The van der Waals surface area contributed by atoms with Crippen LogP contribution in [0.5, 0.6) is 0 Å². The van der Waals surface area contributed by atoms with Gasteiger partial charge in [-0.15, -0.1) is 10.2 Å². The maximum absolute atomic E-state index is 5.98. The Bertz CT molecular complexity index is 1010. The number of furan rings is 1. The normalized spacial score (nSPS) is 17.4. The van der Waals surface area contributed by atoms with E-state index in [-0.39, 0.29) is 0 Å². The fraction of sp³-hybridized carbons (Fsp3) is 0.364. The van der Waals surface area contributed by atoms with Crippen LogP contribution in [0.25, 0.3) is 11.5 Å². The minimum atomic E-state index is 0.322. The van der Waals surface area contributed by atoms with Crippen LogP contribution < -0.4 is 10.2 Å². The molecule has 4 heterocycles. The smallest absolute Gasteiger partial charge is 0.269 e. The SMILES string of the molecule is CN1CCN(c2ccc(N=Nc3nccc(-c4cc5c(o4)CCNC5)n3)cc2)CC1. The zero-order valence-electron chi connectivity index (χ0n) is 17.1. The van der Waals surface area contributed by atoms with E-state index in [1.54, 1.807) is 6.20 Å². The lowest BCUT2D eigenvalue weighted by Gasteiger charge is -2.34. The van der Waals surface area contributed by atoms with E-state index in [2.05, 4.69) is 54.5 Å². The molecule has 8 heteroatoms. The summed E-state index contributed by atoms with van der Waals surface area (Å²) in [6.07, 6.45) is 2.59. The van der Waals surface area contributed by atoms with Gasteiger partial charge in [0.15, 0.2) is 5.76 Å². The summed E-state index contributed by atoms with van der Waals surface area (Å²) in [7, 11) is 2.16. The van der Waals surface area contributed by atoms with E-state index in [0.29, 0.717) is 5.95 Å². The van der Waals surface area contributed by atoms with Gasteiger partial charge in [-0.05, 0) is 43.4 Å². The van der Waals surface area contributed by atoms with Crippen LogP contribution in [0.4, 0.5) is 17.3 Å². The Hall–Kier alpha value is -3.10. The molecule has 1 N–H and O–H groups in total. The van der Waals surface area contributed by atoms with Crippen LogP contribution in [0.3, 0.4) is 0 Å². The second-order valence-electron chi connectivity index (χ2n) is 7.73. The lowest BCUT2D eigenvalue weighted by molar-refractivity contribution is 0.313. The van der Waals surface area contributed by atoms with Gasteiger partial charge in [0.05, 0.1) is 5.69 Å². The van der Waals surface area contributed by atoms with Crippen LogP contribution in [0.1, 0.15) is 11.3 Å². The summed E-state index contributed by atoms with van der Waals surface area (Å²) < 4.78 is 5.98. The number of hydrogen-bond donors (Lipinski definition) is 1. The van der Waals surface area contributed by atoms with Crippen LogP contribution in [-0.2, 0) is 13.0 Å². The number of rotatable bonds is 4. The highest BCUT2D eigenvalue weighted by Crippen LogP contribution is 2.27. The second kappa shape index (κ2) is 8.33. The van der Waals surface area contributed by atoms with E-state index in [9.17, 15) is 0 Å². The molecule has 3 aromatic rings. The van der Waals surface area contributed by atoms with Gasteiger partial charge in [0.25, 0.3) is 5.95 Å². The van der Waals surface area contributed by atoms with Crippen molar-refractivity contribution in [1.82, 2.24) is 20.2 Å². The Morgan fingerprint density at radius 1 is 1.03 bits per heavy atom. The molecule has 0 radical (unpaired) electrons. The highest BCUT2D eigenvalue weighted by Gasteiger charge is 2.17. The number of hydrogen-bond acceptors (Lipinski definition) is 8. The average Bonchev–Trinajstić information content (AvgIpc) is 3.23. The lowest BCUT2D eigenvalue weighted by Crippen LogP contribution is -2.44. The molecule has 0 saturated carbocycles. The van der Waals surface area contributed by atoms with Gasteiger partial charge < -0.3 is 19.5 Å². The van der Waals surface area contributed by atoms with Crippen molar-refractivity contribution < 1.29 is 4.42 Å². The number of anilines is 1. The molecule has 1 saturated heterocycles. The first-order valence-corrected chi connectivity index (χ1v) is 10.4. The fourth-order valence-electron chi connectivity index (χ4n) is 3.81. The molecule has 0 unspecified atom stereocenters. The van der Waals surface area contributed by atoms with Crippen LogP contribution in [0.15, 0.2) is 57.2 Å². The van der Waals surface area contributed by atoms with Gasteiger partial charge in [0, 0.05) is 63.1 Å². The van der Waals surface area contributed by atoms with E-state index >= 15 is 0 Å². The molecule has 0 atom stereocenters. The summed E-state index contributed by atoms with van der Waals surface area (Å²) in [5, 5.41) is 11.9. The molecule has 30 heavy (non-hydrogen) atoms. The second-order valence-corrected chi connectivity index (χ2v) is 7.73. The Morgan fingerprint density at radius 2 is 1.87 bits per heavy atom. The largest absolute Gasteiger partial charge is 0.459 e. The first-order chi connectivity index (χ1) is 14.7. The van der Waals surface area contributed by atoms with E-state index < -0.39 is 0 Å². The molecule has 1 fully saturated rings. The predicted octanol–water partition coefficient (Wildman–Crippen LogP) is 3.55. The van der Waals surface area contributed by atoms with Crippen molar-refractivity contribution in [3.8, 4) is 11.5 Å².